The van der Waals surface area contributed by atoms with E-state index in [2.05, 4.69) is 28.1 Å². The second-order valence-electron chi connectivity index (χ2n) is 5.40. The van der Waals surface area contributed by atoms with E-state index in [1.54, 1.807) is 0 Å². The predicted molar refractivity (Wildman–Crippen MR) is 74.9 cm³/mol. The number of fused-ring (bicyclic) bond motifs is 1. The second kappa shape index (κ2) is 5.63. The lowest BCUT2D eigenvalue weighted by Crippen LogP contribution is -2.55. The fraction of sp³-hybridized carbons (Fsp3) is 0.467. The number of benzene rings is 1. The molecule has 2 heterocycles. The number of carbonyl (C=O) groups is 2. The third-order valence-electron chi connectivity index (χ3n) is 4.00. The van der Waals surface area contributed by atoms with E-state index in [9.17, 15) is 9.59 Å². The molecule has 0 spiro atoms. The van der Waals surface area contributed by atoms with Gasteiger partial charge in [-0.15, -0.1) is 0 Å². The van der Waals surface area contributed by atoms with Gasteiger partial charge in [-0.1, -0.05) is 24.3 Å². The van der Waals surface area contributed by atoms with Crippen molar-refractivity contribution in [3.05, 3.63) is 35.4 Å². The van der Waals surface area contributed by atoms with E-state index >= 15 is 0 Å². The molecule has 1 aromatic carbocycles. The van der Waals surface area contributed by atoms with Gasteiger partial charge >= 0.3 is 0 Å². The summed E-state index contributed by atoms with van der Waals surface area (Å²) in [6.45, 7) is 1.41. The van der Waals surface area contributed by atoms with Gasteiger partial charge in [-0.3, -0.25) is 9.59 Å². The average molecular weight is 273 g/mol. The number of rotatable bonds is 2. The Morgan fingerprint density at radius 3 is 2.85 bits per heavy atom. The van der Waals surface area contributed by atoms with Crippen molar-refractivity contribution in [3.63, 3.8) is 0 Å². The second-order valence-corrected chi connectivity index (χ2v) is 5.40. The van der Waals surface area contributed by atoms with Gasteiger partial charge in [0.15, 0.2) is 0 Å². The standard InChI is InChI=1S/C15H19N3O2/c19-14-12(6-3-7-16-14)18-15(20)13-8-10-4-1-2-5-11(10)9-17-13/h1-2,4-5,12-13,17H,3,6-9H2,(H,16,19)(H,18,20)/t12?,13-/m1/s1. The molecule has 3 N–H and O–H groups in total. The first kappa shape index (κ1) is 13.1. The largest absolute Gasteiger partial charge is 0.354 e. The molecule has 0 radical (unpaired) electrons. The van der Waals surface area contributed by atoms with E-state index in [-0.39, 0.29) is 23.9 Å². The maximum absolute atomic E-state index is 12.3. The molecule has 1 fully saturated rings. The van der Waals surface area contributed by atoms with E-state index in [1.165, 1.54) is 11.1 Å². The molecule has 0 bridgehead atoms. The first-order valence-corrected chi connectivity index (χ1v) is 7.12. The summed E-state index contributed by atoms with van der Waals surface area (Å²) in [5.41, 5.74) is 2.45. The van der Waals surface area contributed by atoms with Gasteiger partial charge < -0.3 is 16.0 Å². The summed E-state index contributed by atoms with van der Waals surface area (Å²) in [7, 11) is 0. The lowest BCUT2D eigenvalue weighted by Gasteiger charge is -2.28. The van der Waals surface area contributed by atoms with Crippen LogP contribution in [0.25, 0.3) is 0 Å². The van der Waals surface area contributed by atoms with E-state index < -0.39 is 0 Å². The first-order valence-electron chi connectivity index (χ1n) is 7.12. The highest BCUT2D eigenvalue weighted by molar-refractivity contribution is 5.90. The Balaban J connectivity index is 1.63. The summed E-state index contributed by atoms with van der Waals surface area (Å²) in [4.78, 5) is 23.9. The van der Waals surface area contributed by atoms with Gasteiger partial charge in [0.25, 0.3) is 0 Å². The van der Waals surface area contributed by atoms with Gasteiger partial charge in [-0.2, -0.15) is 0 Å². The van der Waals surface area contributed by atoms with Crippen LogP contribution in [0.5, 0.6) is 0 Å². The van der Waals surface area contributed by atoms with Crippen LogP contribution in [0.15, 0.2) is 24.3 Å². The summed E-state index contributed by atoms with van der Waals surface area (Å²) < 4.78 is 0. The van der Waals surface area contributed by atoms with Gasteiger partial charge in [0, 0.05) is 13.1 Å². The van der Waals surface area contributed by atoms with Gasteiger partial charge in [-0.25, -0.2) is 0 Å². The minimum atomic E-state index is -0.379. The molecule has 2 atom stereocenters. The summed E-state index contributed by atoms with van der Waals surface area (Å²) in [5, 5.41) is 8.87. The van der Waals surface area contributed by atoms with Crippen LogP contribution in [0.2, 0.25) is 0 Å². The SMILES string of the molecule is O=C1NCCCC1NC(=O)[C@H]1Cc2ccccc2CN1. The molecule has 3 rings (SSSR count). The zero-order valence-corrected chi connectivity index (χ0v) is 11.3. The zero-order chi connectivity index (χ0) is 13.9. The van der Waals surface area contributed by atoms with Crippen molar-refractivity contribution in [2.24, 2.45) is 0 Å². The topological polar surface area (TPSA) is 70.2 Å². The fourth-order valence-electron chi connectivity index (χ4n) is 2.82. The molecule has 106 valence electrons. The Labute approximate surface area is 118 Å². The number of piperidine rings is 1. The number of nitrogens with one attached hydrogen (secondary N) is 3. The van der Waals surface area contributed by atoms with Crippen molar-refractivity contribution < 1.29 is 9.59 Å². The zero-order valence-electron chi connectivity index (χ0n) is 11.3. The van der Waals surface area contributed by atoms with Gasteiger partial charge in [0.2, 0.25) is 11.8 Å². The van der Waals surface area contributed by atoms with E-state index in [4.69, 9.17) is 0 Å². The van der Waals surface area contributed by atoms with E-state index in [1.807, 2.05) is 12.1 Å². The maximum atomic E-state index is 12.3. The van der Waals surface area contributed by atoms with Crippen molar-refractivity contribution in [3.8, 4) is 0 Å². The van der Waals surface area contributed by atoms with Crippen LogP contribution >= 0.6 is 0 Å². The molecule has 1 saturated heterocycles. The number of hydrogen-bond donors (Lipinski definition) is 3. The minimum Gasteiger partial charge on any atom is -0.354 e. The number of amides is 2. The number of hydrogen-bond acceptors (Lipinski definition) is 3. The Bertz CT molecular complexity index is 530. The molecule has 1 aromatic rings. The molecule has 0 aliphatic carbocycles. The molecule has 0 saturated carbocycles. The van der Waals surface area contributed by atoms with Crippen molar-refractivity contribution >= 4 is 11.8 Å². The highest BCUT2D eigenvalue weighted by atomic mass is 16.2. The normalized spacial score (nSPS) is 25.5. The van der Waals surface area contributed by atoms with Crippen molar-refractivity contribution in [1.29, 1.82) is 0 Å². The van der Waals surface area contributed by atoms with E-state index in [0.29, 0.717) is 19.5 Å². The highest BCUT2D eigenvalue weighted by Crippen LogP contribution is 2.16. The molecule has 2 aliphatic heterocycles. The lowest BCUT2D eigenvalue weighted by molar-refractivity contribution is -0.131. The van der Waals surface area contributed by atoms with Crippen LogP contribution in [0, 0.1) is 0 Å². The van der Waals surface area contributed by atoms with Crippen LogP contribution in [0.4, 0.5) is 0 Å². The van der Waals surface area contributed by atoms with Crippen LogP contribution in [0.3, 0.4) is 0 Å². The van der Waals surface area contributed by atoms with Crippen LogP contribution in [-0.2, 0) is 22.6 Å². The van der Waals surface area contributed by atoms with Gasteiger partial charge in [-0.05, 0) is 30.4 Å². The van der Waals surface area contributed by atoms with E-state index in [0.717, 1.165) is 12.8 Å². The number of carbonyl (C=O) groups excluding carboxylic acids is 2. The monoisotopic (exact) mass is 273 g/mol. The fourth-order valence-corrected chi connectivity index (χ4v) is 2.82. The Morgan fingerprint density at radius 1 is 1.25 bits per heavy atom. The van der Waals surface area contributed by atoms with Gasteiger partial charge in [0.1, 0.15) is 6.04 Å². The predicted octanol–water partition coefficient (Wildman–Crippen LogP) is 0.0957. The third kappa shape index (κ3) is 2.67. The molecule has 5 heteroatoms. The molecule has 20 heavy (non-hydrogen) atoms. The third-order valence-corrected chi connectivity index (χ3v) is 4.00. The molecule has 1 unspecified atom stereocenters. The quantitative estimate of drug-likeness (QED) is 0.715. The summed E-state index contributed by atoms with van der Waals surface area (Å²) >= 11 is 0. The smallest absolute Gasteiger partial charge is 0.242 e. The lowest BCUT2D eigenvalue weighted by atomic mass is 9.95. The Hall–Kier alpha value is -1.88. The van der Waals surface area contributed by atoms with Crippen LogP contribution in [-0.4, -0.2) is 30.4 Å². The Morgan fingerprint density at radius 2 is 2.05 bits per heavy atom. The molecule has 5 nitrogen and oxygen atoms in total. The van der Waals surface area contributed by atoms with Crippen LogP contribution < -0.4 is 16.0 Å². The summed E-state index contributed by atoms with van der Waals surface area (Å²) in [5.74, 6) is -0.151. The van der Waals surface area contributed by atoms with Crippen molar-refractivity contribution in [2.45, 2.75) is 37.9 Å². The maximum Gasteiger partial charge on any atom is 0.242 e. The van der Waals surface area contributed by atoms with Crippen LogP contribution in [0.1, 0.15) is 24.0 Å². The summed E-state index contributed by atoms with van der Waals surface area (Å²) in [6.07, 6.45) is 2.31. The molecule has 2 aliphatic rings. The molecule has 0 aromatic heterocycles. The molecular weight excluding hydrogens is 254 g/mol. The first-order chi connectivity index (χ1) is 9.74. The molecule has 2 amide bonds. The molecular formula is C15H19N3O2. The van der Waals surface area contributed by atoms with Gasteiger partial charge in [0.05, 0.1) is 6.04 Å². The highest BCUT2D eigenvalue weighted by Gasteiger charge is 2.29. The average Bonchev–Trinajstić information content (AvgIpc) is 2.49. The van der Waals surface area contributed by atoms with Crippen molar-refractivity contribution in [1.82, 2.24) is 16.0 Å². The Kier molecular flexibility index (Phi) is 3.69. The summed E-state index contributed by atoms with van der Waals surface area (Å²) in [6, 6.07) is 7.50. The minimum absolute atomic E-state index is 0.0687. The van der Waals surface area contributed by atoms with Crippen molar-refractivity contribution in [2.75, 3.05) is 6.54 Å².